The van der Waals surface area contributed by atoms with E-state index in [1.54, 1.807) is 0 Å². The Bertz CT molecular complexity index is 146. The lowest BCUT2D eigenvalue weighted by Crippen LogP contribution is -2.20. The molecule has 5 heteroatoms. The SMILES string of the molecule is CC(N)CCCCNCCCC(F)(F)F. The van der Waals surface area contributed by atoms with E-state index in [0.29, 0.717) is 6.54 Å². The quantitative estimate of drug-likeness (QED) is 0.624. The summed E-state index contributed by atoms with van der Waals surface area (Å²) in [5, 5.41) is 2.99. The first-order valence-electron chi connectivity index (χ1n) is 5.45. The molecule has 0 aromatic heterocycles. The van der Waals surface area contributed by atoms with Crippen LogP contribution in [0.1, 0.15) is 39.0 Å². The van der Waals surface area contributed by atoms with Gasteiger partial charge in [0.2, 0.25) is 0 Å². The highest BCUT2D eigenvalue weighted by Gasteiger charge is 2.25. The Morgan fingerprint density at radius 3 is 2.27 bits per heavy atom. The minimum absolute atomic E-state index is 0.163. The van der Waals surface area contributed by atoms with E-state index in [1.165, 1.54) is 0 Å². The Balaban J connectivity index is 3.06. The van der Waals surface area contributed by atoms with Crippen LogP contribution in [0.15, 0.2) is 0 Å². The molecule has 0 rings (SSSR count). The highest BCUT2D eigenvalue weighted by molar-refractivity contribution is 4.56. The van der Waals surface area contributed by atoms with Gasteiger partial charge in [0.15, 0.2) is 0 Å². The fraction of sp³-hybridized carbons (Fsp3) is 1.00. The smallest absolute Gasteiger partial charge is 0.328 e. The largest absolute Gasteiger partial charge is 0.389 e. The molecule has 0 bridgehead atoms. The third-order valence-electron chi connectivity index (χ3n) is 2.08. The fourth-order valence-electron chi connectivity index (χ4n) is 1.26. The van der Waals surface area contributed by atoms with Crippen LogP contribution in [0.25, 0.3) is 0 Å². The maximum atomic E-state index is 11.7. The maximum absolute atomic E-state index is 11.7. The second kappa shape index (κ2) is 7.93. The molecule has 0 aliphatic heterocycles. The van der Waals surface area contributed by atoms with Crippen molar-refractivity contribution < 1.29 is 13.2 Å². The first-order valence-corrected chi connectivity index (χ1v) is 5.45. The monoisotopic (exact) mass is 226 g/mol. The van der Waals surface area contributed by atoms with E-state index in [2.05, 4.69) is 5.32 Å². The van der Waals surface area contributed by atoms with Crippen LogP contribution in [-0.2, 0) is 0 Å². The zero-order valence-corrected chi connectivity index (χ0v) is 9.24. The van der Waals surface area contributed by atoms with Gasteiger partial charge in [-0.25, -0.2) is 0 Å². The molecule has 3 N–H and O–H groups in total. The highest BCUT2D eigenvalue weighted by atomic mass is 19.4. The van der Waals surface area contributed by atoms with Gasteiger partial charge in [0.25, 0.3) is 0 Å². The molecule has 0 spiro atoms. The molecule has 2 nitrogen and oxygen atoms in total. The van der Waals surface area contributed by atoms with Crippen molar-refractivity contribution in [3.63, 3.8) is 0 Å². The van der Waals surface area contributed by atoms with Gasteiger partial charge < -0.3 is 11.1 Å². The summed E-state index contributed by atoms with van der Waals surface area (Å²) in [7, 11) is 0. The Morgan fingerprint density at radius 1 is 1.13 bits per heavy atom. The average Bonchev–Trinajstić information content (AvgIpc) is 2.07. The molecule has 92 valence electrons. The van der Waals surface area contributed by atoms with Crippen molar-refractivity contribution in [3.8, 4) is 0 Å². The van der Waals surface area contributed by atoms with Crippen LogP contribution in [0.3, 0.4) is 0 Å². The first-order chi connectivity index (χ1) is 6.92. The predicted octanol–water partition coefficient (Wildman–Crippen LogP) is 2.44. The summed E-state index contributed by atoms with van der Waals surface area (Å²) in [6, 6.07) is 0.218. The van der Waals surface area contributed by atoms with Gasteiger partial charge in [-0.1, -0.05) is 6.42 Å². The molecule has 0 saturated carbocycles. The van der Waals surface area contributed by atoms with E-state index in [-0.39, 0.29) is 12.5 Å². The van der Waals surface area contributed by atoms with Gasteiger partial charge in [-0.05, 0) is 39.3 Å². The number of halogens is 3. The molecular weight excluding hydrogens is 205 g/mol. The summed E-state index contributed by atoms with van der Waals surface area (Å²) in [4.78, 5) is 0. The van der Waals surface area contributed by atoms with Crippen LogP contribution in [0.2, 0.25) is 0 Å². The molecule has 0 aromatic carbocycles. The van der Waals surface area contributed by atoms with E-state index in [9.17, 15) is 13.2 Å². The molecule has 15 heavy (non-hydrogen) atoms. The molecule has 1 unspecified atom stereocenters. The predicted molar refractivity (Wildman–Crippen MR) is 55.7 cm³/mol. The fourth-order valence-corrected chi connectivity index (χ4v) is 1.26. The number of nitrogens with one attached hydrogen (secondary N) is 1. The van der Waals surface area contributed by atoms with Crippen molar-refractivity contribution in [2.75, 3.05) is 13.1 Å². The molecule has 0 heterocycles. The lowest BCUT2D eigenvalue weighted by molar-refractivity contribution is -0.135. The third kappa shape index (κ3) is 13.7. The second-order valence-electron chi connectivity index (χ2n) is 3.94. The number of unbranched alkanes of at least 4 members (excludes halogenated alkanes) is 1. The van der Waals surface area contributed by atoms with Crippen molar-refractivity contribution >= 4 is 0 Å². The van der Waals surface area contributed by atoms with E-state index >= 15 is 0 Å². The van der Waals surface area contributed by atoms with Gasteiger partial charge in [-0.3, -0.25) is 0 Å². The van der Waals surface area contributed by atoms with Crippen molar-refractivity contribution in [3.05, 3.63) is 0 Å². The molecule has 0 aliphatic carbocycles. The second-order valence-corrected chi connectivity index (χ2v) is 3.94. The third-order valence-corrected chi connectivity index (χ3v) is 2.08. The Labute approximate surface area is 89.4 Å². The Kier molecular flexibility index (Phi) is 7.78. The zero-order chi connectivity index (χ0) is 11.7. The summed E-state index contributed by atoms with van der Waals surface area (Å²) < 4.78 is 35.2. The van der Waals surface area contributed by atoms with Crippen molar-refractivity contribution in [2.45, 2.75) is 51.2 Å². The average molecular weight is 226 g/mol. The van der Waals surface area contributed by atoms with Crippen molar-refractivity contribution in [1.29, 1.82) is 0 Å². The summed E-state index contributed by atoms with van der Waals surface area (Å²) in [6.45, 7) is 3.18. The number of rotatable bonds is 8. The van der Waals surface area contributed by atoms with Crippen LogP contribution in [-0.4, -0.2) is 25.3 Å². The van der Waals surface area contributed by atoms with Gasteiger partial charge >= 0.3 is 6.18 Å². The summed E-state index contributed by atoms with van der Waals surface area (Å²) >= 11 is 0. The van der Waals surface area contributed by atoms with Crippen LogP contribution in [0, 0.1) is 0 Å². The molecule has 0 saturated heterocycles. The summed E-state index contributed by atoms with van der Waals surface area (Å²) in [5.74, 6) is 0. The molecular formula is C10H21F3N2. The number of hydrogen-bond donors (Lipinski definition) is 2. The normalized spacial score (nSPS) is 14.2. The first kappa shape index (κ1) is 14.7. The van der Waals surface area contributed by atoms with Gasteiger partial charge in [0.05, 0.1) is 0 Å². The van der Waals surface area contributed by atoms with Crippen LogP contribution < -0.4 is 11.1 Å². The molecule has 1 atom stereocenters. The minimum atomic E-state index is -4.02. The molecule has 0 aromatic rings. The van der Waals surface area contributed by atoms with Crippen molar-refractivity contribution in [2.24, 2.45) is 5.73 Å². The highest BCUT2D eigenvalue weighted by Crippen LogP contribution is 2.20. The van der Waals surface area contributed by atoms with Crippen molar-refractivity contribution in [1.82, 2.24) is 5.32 Å². The van der Waals surface area contributed by atoms with Gasteiger partial charge in [0.1, 0.15) is 0 Å². The van der Waals surface area contributed by atoms with Crippen LogP contribution in [0.4, 0.5) is 13.2 Å². The zero-order valence-electron chi connectivity index (χ0n) is 9.24. The minimum Gasteiger partial charge on any atom is -0.328 e. The van der Waals surface area contributed by atoms with E-state index in [4.69, 9.17) is 5.73 Å². The standard InChI is InChI=1S/C10H21F3N2/c1-9(14)5-2-3-7-15-8-4-6-10(11,12)13/h9,15H,2-8,14H2,1H3. The van der Waals surface area contributed by atoms with E-state index < -0.39 is 12.6 Å². The van der Waals surface area contributed by atoms with Gasteiger partial charge in [-0.2, -0.15) is 13.2 Å². The van der Waals surface area contributed by atoms with E-state index in [1.807, 2.05) is 6.92 Å². The van der Waals surface area contributed by atoms with Gasteiger partial charge in [-0.15, -0.1) is 0 Å². The maximum Gasteiger partial charge on any atom is 0.389 e. The summed E-state index contributed by atoms with van der Waals surface area (Å²) in [5.41, 5.74) is 5.56. The lowest BCUT2D eigenvalue weighted by Gasteiger charge is -2.07. The molecule has 0 radical (unpaired) electrons. The molecule has 0 aliphatic rings. The molecule has 0 fully saturated rings. The number of hydrogen-bond acceptors (Lipinski definition) is 2. The number of alkyl halides is 3. The van der Waals surface area contributed by atoms with Crippen LogP contribution in [0.5, 0.6) is 0 Å². The lowest BCUT2D eigenvalue weighted by atomic mass is 10.1. The van der Waals surface area contributed by atoms with Gasteiger partial charge in [0, 0.05) is 12.5 Å². The number of nitrogens with two attached hydrogens (primary N) is 1. The molecule has 0 amide bonds. The Morgan fingerprint density at radius 2 is 1.73 bits per heavy atom. The van der Waals surface area contributed by atoms with Crippen LogP contribution >= 0.6 is 0 Å². The Hall–Kier alpha value is -0.290. The summed E-state index contributed by atoms with van der Waals surface area (Å²) in [6.07, 6.45) is -1.56. The van der Waals surface area contributed by atoms with E-state index in [0.717, 1.165) is 25.8 Å². The topological polar surface area (TPSA) is 38.0 Å².